The van der Waals surface area contributed by atoms with E-state index < -0.39 is 24.0 Å². The Hall–Kier alpha value is -3.04. The van der Waals surface area contributed by atoms with Gasteiger partial charge in [0.1, 0.15) is 12.1 Å². The summed E-state index contributed by atoms with van der Waals surface area (Å²) in [4.78, 5) is 51.0. The highest BCUT2D eigenvalue weighted by Crippen LogP contribution is 2.26. The number of hydrogen-bond donors (Lipinski definition) is 2. The van der Waals surface area contributed by atoms with Crippen molar-refractivity contribution in [2.24, 2.45) is 0 Å². The minimum Gasteiger partial charge on any atom is -0.467 e. The normalized spacial score (nSPS) is 16.0. The molecule has 2 aromatic carbocycles. The Morgan fingerprint density at radius 1 is 1.18 bits per heavy atom. The van der Waals surface area contributed by atoms with Crippen LogP contribution in [0.1, 0.15) is 28.4 Å². The van der Waals surface area contributed by atoms with Crippen molar-refractivity contribution in [1.82, 2.24) is 10.2 Å². The van der Waals surface area contributed by atoms with Gasteiger partial charge in [-0.15, -0.1) is 11.8 Å². The van der Waals surface area contributed by atoms with E-state index in [1.54, 1.807) is 30.3 Å². The van der Waals surface area contributed by atoms with E-state index in [2.05, 4.69) is 10.6 Å². The van der Waals surface area contributed by atoms with Crippen molar-refractivity contribution in [1.29, 1.82) is 0 Å². The molecule has 0 aliphatic carbocycles. The molecular formula is C24H26ClN3O5S. The molecule has 1 heterocycles. The lowest BCUT2D eigenvalue weighted by atomic mass is 10.0. The van der Waals surface area contributed by atoms with Crippen LogP contribution in [-0.4, -0.2) is 59.4 Å². The standard InChI is InChI=1S/C24H26ClN3O5S/c1-14-5-4-6-18(25)21(14)27-22(30)17-9-7-16(8-10-17)11-19(24(32)33-3)26-23(31)20-12-34-13-28(20)15(2)29/h4-10,19-20H,11-13H2,1-3H3,(H,26,31)(H,27,30)/t19-,20+/m0/s1. The number of anilines is 1. The molecule has 2 atom stereocenters. The van der Waals surface area contributed by atoms with E-state index in [0.29, 0.717) is 27.9 Å². The first kappa shape index (κ1) is 25.6. The number of thioether (sulfide) groups is 1. The van der Waals surface area contributed by atoms with E-state index in [4.69, 9.17) is 16.3 Å². The fourth-order valence-corrected chi connectivity index (χ4v) is 5.06. The fourth-order valence-electron chi connectivity index (χ4n) is 3.58. The molecule has 0 spiro atoms. The maximum absolute atomic E-state index is 12.8. The van der Waals surface area contributed by atoms with Crippen molar-refractivity contribution in [2.45, 2.75) is 32.4 Å². The number of para-hydroxylation sites is 1. The predicted octanol–water partition coefficient (Wildman–Crippen LogP) is 3.02. The van der Waals surface area contributed by atoms with E-state index in [-0.39, 0.29) is 18.2 Å². The zero-order chi connectivity index (χ0) is 24.8. The summed E-state index contributed by atoms with van der Waals surface area (Å²) in [6, 6.07) is 10.5. The van der Waals surface area contributed by atoms with E-state index in [0.717, 1.165) is 11.1 Å². The van der Waals surface area contributed by atoms with Crippen LogP contribution in [0.4, 0.5) is 5.69 Å². The summed E-state index contributed by atoms with van der Waals surface area (Å²) in [7, 11) is 1.25. The Labute approximate surface area is 207 Å². The Morgan fingerprint density at radius 2 is 1.88 bits per heavy atom. The van der Waals surface area contributed by atoms with Gasteiger partial charge in [0.2, 0.25) is 11.8 Å². The molecule has 1 fully saturated rings. The number of nitrogens with zero attached hydrogens (tertiary/aromatic N) is 1. The molecule has 0 bridgehead atoms. The van der Waals surface area contributed by atoms with Gasteiger partial charge in [0.25, 0.3) is 5.91 Å². The van der Waals surface area contributed by atoms with Gasteiger partial charge >= 0.3 is 5.97 Å². The summed E-state index contributed by atoms with van der Waals surface area (Å²) >= 11 is 7.67. The molecule has 0 radical (unpaired) electrons. The average Bonchev–Trinajstić information content (AvgIpc) is 3.31. The Bertz CT molecular complexity index is 1070. The molecule has 180 valence electrons. The van der Waals surface area contributed by atoms with Crippen molar-refractivity contribution < 1.29 is 23.9 Å². The molecule has 0 aromatic heterocycles. The maximum Gasteiger partial charge on any atom is 0.328 e. The Kier molecular flexibility index (Phi) is 8.57. The van der Waals surface area contributed by atoms with E-state index in [1.165, 1.54) is 30.7 Å². The van der Waals surface area contributed by atoms with Crippen LogP contribution >= 0.6 is 23.4 Å². The van der Waals surface area contributed by atoms with E-state index >= 15 is 0 Å². The number of hydrogen-bond acceptors (Lipinski definition) is 6. The molecule has 2 aromatic rings. The topological polar surface area (TPSA) is 105 Å². The number of esters is 1. The summed E-state index contributed by atoms with van der Waals surface area (Å²) in [6.07, 6.45) is 0.171. The molecular weight excluding hydrogens is 478 g/mol. The van der Waals surface area contributed by atoms with E-state index in [9.17, 15) is 19.2 Å². The number of amides is 3. The van der Waals surface area contributed by atoms with Gasteiger partial charge in [-0.05, 0) is 36.2 Å². The number of ether oxygens (including phenoxy) is 1. The highest BCUT2D eigenvalue weighted by molar-refractivity contribution is 7.99. The van der Waals surface area contributed by atoms with Crippen LogP contribution in [0.15, 0.2) is 42.5 Å². The van der Waals surface area contributed by atoms with Crippen molar-refractivity contribution in [3.63, 3.8) is 0 Å². The quantitative estimate of drug-likeness (QED) is 0.563. The minimum atomic E-state index is -0.928. The molecule has 1 saturated heterocycles. The third-order valence-electron chi connectivity index (χ3n) is 5.51. The van der Waals surface area contributed by atoms with Gasteiger partial charge in [-0.25, -0.2) is 4.79 Å². The third-order valence-corrected chi connectivity index (χ3v) is 6.84. The number of nitrogens with one attached hydrogen (secondary N) is 2. The number of halogens is 1. The second-order valence-corrected chi connectivity index (χ2v) is 9.28. The van der Waals surface area contributed by atoms with Gasteiger partial charge in [-0.3, -0.25) is 14.4 Å². The molecule has 2 N–H and O–H groups in total. The predicted molar refractivity (Wildman–Crippen MR) is 132 cm³/mol. The lowest BCUT2D eigenvalue weighted by Gasteiger charge is -2.24. The molecule has 1 aliphatic heterocycles. The molecule has 10 heteroatoms. The molecule has 0 saturated carbocycles. The summed E-state index contributed by atoms with van der Waals surface area (Å²) in [5, 5.41) is 5.98. The molecule has 3 amide bonds. The SMILES string of the molecule is COC(=O)[C@H](Cc1ccc(C(=O)Nc2c(C)cccc2Cl)cc1)NC(=O)[C@H]1CSCN1C(C)=O. The number of carbonyl (C=O) groups excluding carboxylic acids is 4. The van der Waals surface area contributed by atoms with Crippen LogP contribution in [0.5, 0.6) is 0 Å². The Balaban J connectivity index is 1.68. The third kappa shape index (κ3) is 6.09. The van der Waals surface area contributed by atoms with Crippen LogP contribution in [0.2, 0.25) is 5.02 Å². The van der Waals surface area contributed by atoms with Gasteiger partial charge in [0.15, 0.2) is 0 Å². The molecule has 1 aliphatic rings. The summed E-state index contributed by atoms with van der Waals surface area (Å²) in [5.74, 6) is -0.600. The summed E-state index contributed by atoms with van der Waals surface area (Å²) < 4.78 is 4.86. The highest BCUT2D eigenvalue weighted by atomic mass is 35.5. The summed E-state index contributed by atoms with van der Waals surface area (Å²) in [6.45, 7) is 3.26. The average molecular weight is 504 g/mol. The van der Waals surface area contributed by atoms with E-state index in [1.807, 2.05) is 19.1 Å². The first-order valence-electron chi connectivity index (χ1n) is 10.6. The van der Waals surface area contributed by atoms with Gasteiger partial charge in [0.05, 0.1) is 23.7 Å². The van der Waals surface area contributed by atoms with Gasteiger partial charge in [-0.2, -0.15) is 0 Å². The van der Waals surface area contributed by atoms with Gasteiger partial charge < -0.3 is 20.3 Å². The number of benzene rings is 2. The maximum atomic E-state index is 12.8. The van der Waals surface area contributed by atoms with Crippen molar-refractivity contribution in [3.8, 4) is 0 Å². The van der Waals surface area contributed by atoms with Crippen LogP contribution in [0.25, 0.3) is 0 Å². The van der Waals surface area contributed by atoms with Crippen molar-refractivity contribution in [3.05, 3.63) is 64.2 Å². The lowest BCUT2D eigenvalue weighted by molar-refractivity contribution is -0.146. The zero-order valence-electron chi connectivity index (χ0n) is 19.1. The lowest BCUT2D eigenvalue weighted by Crippen LogP contribution is -2.52. The second-order valence-electron chi connectivity index (χ2n) is 7.88. The van der Waals surface area contributed by atoms with Crippen molar-refractivity contribution >= 4 is 52.7 Å². The zero-order valence-corrected chi connectivity index (χ0v) is 20.7. The van der Waals surface area contributed by atoms with Gasteiger partial charge in [0, 0.05) is 24.7 Å². The molecule has 0 unspecified atom stereocenters. The number of carbonyl (C=O) groups is 4. The number of rotatable bonds is 7. The second kappa shape index (κ2) is 11.4. The first-order chi connectivity index (χ1) is 16.2. The smallest absolute Gasteiger partial charge is 0.328 e. The van der Waals surface area contributed by atoms with Gasteiger partial charge in [-0.1, -0.05) is 35.9 Å². The largest absolute Gasteiger partial charge is 0.467 e. The molecule has 34 heavy (non-hydrogen) atoms. The van der Waals surface area contributed by atoms with Crippen LogP contribution < -0.4 is 10.6 Å². The fraction of sp³-hybridized carbons (Fsp3) is 0.333. The minimum absolute atomic E-state index is 0.171. The number of methoxy groups -OCH3 is 1. The van der Waals surface area contributed by atoms with Crippen LogP contribution in [-0.2, 0) is 25.5 Å². The Morgan fingerprint density at radius 3 is 2.50 bits per heavy atom. The number of aryl methyl sites for hydroxylation is 1. The molecule has 8 nitrogen and oxygen atoms in total. The first-order valence-corrected chi connectivity index (χ1v) is 12.1. The van der Waals surface area contributed by atoms with Crippen molar-refractivity contribution in [2.75, 3.05) is 24.1 Å². The van der Waals surface area contributed by atoms with Crippen LogP contribution in [0, 0.1) is 6.92 Å². The highest BCUT2D eigenvalue weighted by Gasteiger charge is 2.35. The van der Waals surface area contributed by atoms with Crippen LogP contribution in [0.3, 0.4) is 0 Å². The monoisotopic (exact) mass is 503 g/mol. The summed E-state index contributed by atoms with van der Waals surface area (Å²) in [5.41, 5.74) is 2.54. The molecule has 3 rings (SSSR count).